The Morgan fingerprint density at radius 3 is 3.05 bits per heavy atom. The maximum atomic E-state index is 7.70. The van der Waals surface area contributed by atoms with Crippen molar-refractivity contribution in [2.75, 3.05) is 24.6 Å². The van der Waals surface area contributed by atoms with Gasteiger partial charge in [0.15, 0.2) is 0 Å². The van der Waals surface area contributed by atoms with E-state index < -0.39 is 0 Å². The number of nitrogens with two attached hydrogens (primary N) is 1. The average molecular weight is 326 g/mol. The van der Waals surface area contributed by atoms with E-state index in [0.29, 0.717) is 0 Å². The summed E-state index contributed by atoms with van der Waals surface area (Å²) in [6.07, 6.45) is 2.49. The van der Waals surface area contributed by atoms with Gasteiger partial charge in [0.25, 0.3) is 0 Å². The lowest BCUT2D eigenvalue weighted by molar-refractivity contribution is 0.0526. The van der Waals surface area contributed by atoms with Crippen molar-refractivity contribution in [3.8, 4) is 0 Å². The van der Waals surface area contributed by atoms with Gasteiger partial charge in [-0.15, -0.1) is 0 Å². The molecule has 0 spiro atoms. The molecule has 0 aromatic heterocycles. The van der Waals surface area contributed by atoms with Crippen LogP contribution in [0.25, 0.3) is 0 Å². The summed E-state index contributed by atoms with van der Waals surface area (Å²) in [5, 5.41) is 7.70. The number of piperidine rings is 1. The van der Waals surface area contributed by atoms with Crippen LogP contribution in [-0.4, -0.2) is 31.6 Å². The van der Waals surface area contributed by atoms with Gasteiger partial charge in [0.2, 0.25) is 0 Å². The maximum absolute atomic E-state index is 7.70. The number of anilines is 1. The Kier molecular flexibility index (Phi) is 4.82. The number of ether oxygens (including phenoxy) is 1. The van der Waals surface area contributed by atoms with Crippen LogP contribution in [0.15, 0.2) is 22.7 Å². The Bertz CT molecular complexity index is 462. The third-order valence-electron chi connectivity index (χ3n) is 3.37. The van der Waals surface area contributed by atoms with E-state index in [1.165, 1.54) is 0 Å². The number of nitrogens with zero attached hydrogens (tertiary/aromatic N) is 1. The van der Waals surface area contributed by atoms with Crippen molar-refractivity contribution in [3.05, 3.63) is 28.2 Å². The van der Waals surface area contributed by atoms with Crippen LogP contribution >= 0.6 is 15.9 Å². The topological polar surface area (TPSA) is 62.3 Å². The number of halogens is 1. The molecule has 0 amide bonds. The number of nitrogens with one attached hydrogen (secondary N) is 1. The van der Waals surface area contributed by atoms with Gasteiger partial charge in [-0.2, -0.15) is 0 Å². The fourth-order valence-electron chi connectivity index (χ4n) is 2.52. The lowest BCUT2D eigenvalue weighted by atomic mass is 10.0. The summed E-state index contributed by atoms with van der Waals surface area (Å²) in [7, 11) is 0. The van der Waals surface area contributed by atoms with Gasteiger partial charge in [-0.05, 0) is 38.0 Å². The minimum Gasteiger partial charge on any atom is -0.384 e. The lowest BCUT2D eigenvalue weighted by Crippen LogP contribution is -2.40. The van der Waals surface area contributed by atoms with Crippen molar-refractivity contribution < 1.29 is 4.74 Å². The molecule has 1 fully saturated rings. The van der Waals surface area contributed by atoms with E-state index in [0.717, 1.165) is 48.3 Å². The Morgan fingerprint density at radius 2 is 2.37 bits per heavy atom. The van der Waals surface area contributed by atoms with E-state index in [2.05, 4.69) is 20.8 Å². The van der Waals surface area contributed by atoms with Crippen molar-refractivity contribution in [1.29, 1.82) is 5.41 Å². The monoisotopic (exact) mass is 325 g/mol. The largest absolute Gasteiger partial charge is 0.384 e. The van der Waals surface area contributed by atoms with Crippen LogP contribution in [0.4, 0.5) is 5.69 Å². The van der Waals surface area contributed by atoms with Crippen molar-refractivity contribution in [2.24, 2.45) is 5.73 Å². The first kappa shape index (κ1) is 14.3. The van der Waals surface area contributed by atoms with E-state index in [-0.39, 0.29) is 11.9 Å². The first-order valence-corrected chi connectivity index (χ1v) is 7.41. The highest BCUT2D eigenvalue weighted by Gasteiger charge is 2.22. The smallest absolute Gasteiger partial charge is 0.124 e. The molecule has 1 aromatic rings. The second-order valence-electron chi connectivity index (χ2n) is 4.74. The zero-order valence-electron chi connectivity index (χ0n) is 11.2. The van der Waals surface area contributed by atoms with Gasteiger partial charge in [-0.25, -0.2) is 0 Å². The summed E-state index contributed by atoms with van der Waals surface area (Å²) < 4.78 is 6.73. The van der Waals surface area contributed by atoms with Crippen LogP contribution in [0.5, 0.6) is 0 Å². The van der Waals surface area contributed by atoms with Crippen LogP contribution in [-0.2, 0) is 4.74 Å². The Hall–Kier alpha value is -1.07. The van der Waals surface area contributed by atoms with Gasteiger partial charge in [-0.3, -0.25) is 5.41 Å². The molecule has 1 aliphatic rings. The standard InChI is InChI=1S/C14H20BrN3O/c1-2-19-11-4-3-7-18(9-11)13-8-10(15)5-6-12(13)14(16)17/h5-6,8,11H,2-4,7,9H2,1H3,(H3,16,17). The Morgan fingerprint density at radius 1 is 1.58 bits per heavy atom. The van der Waals surface area contributed by atoms with E-state index in [9.17, 15) is 0 Å². The van der Waals surface area contributed by atoms with Crippen LogP contribution < -0.4 is 10.6 Å². The van der Waals surface area contributed by atoms with Crippen LogP contribution in [0, 0.1) is 5.41 Å². The summed E-state index contributed by atoms with van der Waals surface area (Å²) >= 11 is 3.49. The predicted molar refractivity (Wildman–Crippen MR) is 82.0 cm³/mol. The molecule has 0 saturated carbocycles. The Labute approximate surface area is 122 Å². The van der Waals surface area contributed by atoms with E-state index >= 15 is 0 Å². The number of hydrogen-bond donors (Lipinski definition) is 2. The quantitative estimate of drug-likeness (QED) is 0.661. The number of rotatable bonds is 4. The van der Waals surface area contributed by atoms with E-state index in [1.807, 2.05) is 25.1 Å². The number of amidine groups is 1. The average Bonchev–Trinajstić information content (AvgIpc) is 2.39. The Balaban J connectivity index is 2.24. The molecule has 104 valence electrons. The van der Waals surface area contributed by atoms with Crippen LogP contribution in [0.3, 0.4) is 0 Å². The number of nitrogen functional groups attached to an aromatic ring is 1. The first-order valence-electron chi connectivity index (χ1n) is 6.62. The van der Waals surface area contributed by atoms with Crippen molar-refractivity contribution in [3.63, 3.8) is 0 Å². The molecule has 1 aromatic carbocycles. The van der Waals surface area contributed by atoms with Gasteiger partial charge in [0.05, 0.1) is 6.10 Å². The SMILES string of the molecule is CCOC1CCCN(c2cc(Br)ccc2C(=N)N)C1. The molecule has 0 bridgehead atoms. The molecule has 4 nitrogen and oxygen atoms in total. The predicted octanol–water partition coefficient (Wildman–Crippen LogP) is 2.74. The lowest BCUT2D eigenvalue weighted by Gasteiger charge is -2.35. The molecule has 3 N–H and O–H groups in total. The second kappa shape index (κ2) is 6.39. The van der Waals surface area contributed by atoms with Gasteiger partial charge in [-0.1, -0.05) is 15.9 Å². The van der Waals surface area contributed by atoms with E-state index in [4.69, 9.17) is 15.9 Å². The molecule has 0 radical (unpaired) electrons. The van der Waals surface area contributed by atoms with Gasteiger partial charge < -0.3 is 15.4 Å². The molecular weight excluding hydrogens is 306 g/mol. The maximum Gasteiger partial charge on any atom is 0.124 e. The molecular formula is C14H20BrN3O. The van der Waals surface area contributed by atoms with Gasteiger partial charge in [0.1, 0.15) is 5.84 Å². The van der Waals surface area contributed by atoms with Gasteiger partial charge in [0, 0.05) is 35.4 Å². The summed E-state index contributed by atoms with van der Waals surface area (Å²) in [6.45, 7) is 4.63. The fourth-order valence-corrected chi connectivity index (χ4v) is 2.87. The normalized spacial score (nSPS) is 19.5. The van der Waals surface area contributed by atoms with Gasteiger partial charge >= 0.3 is 0 Å². The molecule has 1 aliphatic heterocycles. The highest BCUT2D eigenvalue weighted by Crippen LogP contribution is 2.28. The minimum absolute atomic E-state index is 0.112. The highest BCUT2D eigenvalue weighted by atomic mass is 79.9. The summed E-state index contributed by atoms with van der Waals surface area (Å²) in [4.78, 5) is 2.27. The fraction of sp³-hybridized carbons (Fsp3) is 0.500. The number of hydrogen-bond acceptors (Lipinski definition) is 3. The van der Waals surface area contributed by atoms with Crippen molar-refractivity contribution in [1.82, 2.24) is 0 Å². The van der Waals surface area contributed by atoms with Crippen LogP contribution in [0.1, 0.15) is 25.3 Å². The second-order valence-corrected chi connectivity index (χ2v) is 5.66. The first-order chi connectivity index (χ1) is 9.11. The zero-order valence-corrected chi connectivity index (χ0v) is 12.7. The van der Waals surface area contributed by atoms with Crippen molar-refractivity contribution >= 4 is 27.5 Å². The molecule has 1 unspecified atom stereocenters. The van der Waals surface area contributed by atoms with Crippen molar-refractivity contribution in [2.45, 2.75) is 25.9 Å². The molecule has 1 heterocycles. The third-order valence-corrected chi connectivity index (χ3v) is 3.86. The number of benzene rings is 1. The summed E-state index contributed by atoms with van der Waals surface area (Å²) in [6, 6.07) is 5.85. The zero-order chi connectivity index (χ0) is 13.8. The molecule has 1 atom stereocenters. The molecule has 1 saturated heterocycles. The summed E-state index contributed by atoms with van der Waals surface area (Å²) in [5.74, 6) is 0.112. The minimum atomic E-state index is 0.112. The molecule has 2 rings (SSSR count). The highest BCUT2D eigenvalue weighted by molar-refractivity contribution is 9.10. The molecule has 5 heteroatoms. The van der Waals surface area contributed by atoms with E-state index in [1.54, 1.807) is 0 Å². The van der Waals surface area contributed by atoms with Crippen LogP contribution in [0.2, 0.25) is 0 Å². The summed E-state index contributed by atoms with van der Waals surface area (Å²) in [5.41, 5.74) is 7.49. The third kappa shape index (κ3) is 3.48. The molecule has 0 aliphatic carbocycles. The molecule has 19 heavy (non-hydrogen) atoms.